The van der Waals surface area contributed by atoms with Gasteiger partial charge in [-0.3, -0.25) is 0 Å². The molecule has 2 unspecified atom stereocenters. The minimum absolute atomic E-state index is 0.311. The number of hydrogen-bond acceptors (Lipinski definition) is 3. The van der Waals surface area contributed by atoms with E-state index in [2.05, 4.69) is 35.2 Å². The van der Waals surface area contributed by atoms with Crippen LogP contribution in [0.1, 0.15) is 31.2 Å². The molecule has 2 aliphatic rings. The van der Waals surface area contributed by atoms with Crippen molar-refractivity contribution in [2.75, 3.05) is 26.2 Å². The van der Waals surface area contributed by atoms with Crippen LogP contribution in [0.2, 0.25) is 0 Å². The van der Waals surface area contributed by atoms with Gasteiger partial charge in [-0.05, 0) is 56.7 Å². The number of nitrogens with two attached hydrogens (primary N) is 1. The van der Waals surface area contributed by atoms with Crippen molar-refractivity contribution in [2.24, 2.45) is 11.7 Å². The van der Waals surface area contributed by atoms with Crippen LogP contribution in [0, 0.1) is 5.92 Å². The number of nitrogens with zero attached hydrogens (tertiary/aromatic N) is 1. The summed E-state index contributed by atoms with van der Waals surface area (Å²) in [6, 6.07) is 10.9. The van der Waals surface area contributed by atoms with E-state index in [0.29, 0.717) is 18.8 Å². The van der Waals surface area contributed by atoms with E-state index in [1.54, 1.807) is 0 Å². The van der Waals surface area contributed by atoms with Gasteiger partial charge in [0, 0.05) is 13.1 Å². The zero-order valence-corrected chi connectivity index (χ0v) is 12.9. The van der Waals surface area contributed by atoms with Gasteiger partial charge in [0.05, 0.1) is 12.2 Å². The summed E-state index contributed by atoms with van der Waals surface area (Å²) in [4.78, 5) is 2.59. The fourth-order valence-corrected chi connectivity index (χ4v) is 3.70. The molecular formula is C18H28N2O. The van der Waals surface area contributed by atoms with Crippen LogP contribution in [0.4, 0.5) is 0 Å². The minimum atomic E-state index is 0.311. The second kappa shape index (κ2) is 7.39. The van der Waals surface area contributed by atoms with Crippen molar-refractivity contribution >= 4 is 0 Å². The molecule has 1 aromatic rings. The standard InChI is InChI=1S/C18H28N2O/c19-13-17-6-7-18(21-17)14-20-10-8-16(9-11-20)12-15-4-2-1-3-5-15/h1-5,16-18H,6-14,19H2. The third-order valence-electron chi connectivity index (χ3n) is 4.99. The lowest BCUT2D eigenvalue weighted by molar-refractivity contribution is 0.0200. The van der Waals surface area contributed by atoms with Gasteiger partial charge in [0.15, 0.2) is 0 Å². The van der Waals surface area contributed by atoms with Gasteiger partial charge in [-0.15, -0.1) is 0 Å². The van der Waals surface area contributed by atoms with Crippen LogP contribution < -0.4 is 5.73 Å². The molecule has 2 N–H and O–H groups in total. The SMILES string of the molecule is NCC1CCC(CN2CCC(Cc3ccccc3)CC2)O1. The Morgan fingerprint density at radius 1 is 1.00 bits per heavy atom. The first-order chi connectivity index (χ1) is 10.3. The zero-order chi connectivity index (χ0) is 14.5. The Kier molecular flexibility index (Phi) is 5.28. The van der Waals surface area contributed by atoms with E-state index < -0.39 is 0 Å². The Bertz CT molecular complexity index is 414. The van der Waals surface area contributed by atoms with E-state index in [-0.39, 0.29) is 0 Å². The summed E-state index contributed by atoms with van der Waals surface area (Å²) < 4.78 is 5.97. The van der Waals surface area contributed by atoms with Crippen LogP contribution in [-0.4, -0.2) is 43.3 Å². The molecule has 3 rings (SSSR count). The number of hydrogen-bond donors (Lipinski definition) is 1. The molecule has 0 spiro atoms. The molecule has 0 amide bonds. The van der Waals surface area contributed by atoms with Crippen LogP contribution >= 0.6 is 0 Å². The predicted molar refractivity (Wildman–Crippen MR) is 86.3 cm³/mol. The van der Waals surface area contributed by atoms with Gasteiger partial charge in [-0.25, -0.2) is 0 Å². The molecule has 0 saturated carbocycles. The maximum Gasteiger partial charge on any atom is 0.0707 e. The molecule has 2 aliphatic heterocycles. The summed E-state index contributed by atoms with van der Waals surface area (Å²) in [6.07, 6.45) is 6.94. The van der Waals surface area contributed by atoms with Crippen molar-refractivity contribution in [2.45, 2.75) is 44.3 Å². The number of likely N-dealkylation sites (tertiary alicyclic amines) is 1. The van der Waals surface area contributed by atoms with Crippen molar-refractivity contribution in [1.29, 1.82) is 0 Å². The van der Waals surface area contributed by atoms with Gasteiger partial charge in [-0.1, -0.05) is 30.3 Å². The Labute approximate surface area is 128 Å². The van der Waals surface area contributed by atoms with E-state index in [4.69, 9.17) is 10.5 Å². The van der Waals surface area contributed by atoms with Gasteiger partial charge in [0.2, 0.25) is 0 Å². The van der Waals surface area contributed by atoms with Gasteiger partial charge in [0.25, 0.3) is 0 Å². The van der Waals surface area contributed by atoms with Crippen LogP contribution in [-0.2, 0) is 11.2 Å². The molecule has 116 valence electrons. The highest BCUT2D eigenvalue weighted by molar-refractivity contribution is 5.15. The summed E-state index contributed by atoms with van der Waals surface area (Å²) in [6.45, 7) is 4.24. The molecule has 3 heteroatoms. The zero-order valence-electron chi connectivity index (χ0n) is 12.9. The lowest BCUT2D eigenvalue weighted by Crippen LogP contribution is -2.39. The fourth-order valence-electron chi connectivity index (χ4n) is 3.70. The Balaban J connectivity index is 1.39. The first kappa shape index (κ1) is 15.0. The molecule has 3 nitrogen and oxygen atoms in total. The van der Waals surface area contributed by atoms with Crippen LogP contribution in [0.25, 0.3) is 0 Å². The predicted octanol–water partition coefficient (Wildman–Crippen LogP) is 2.45. The van der Waals surface area contributed by atoms with Crippen molar-refractivity contribution in [3.05, 3.63) is 35.9 Å². The van der Waals surface area contributed by atoms with Gasteiger partial charge in [0.1, 0.15) is 0 Å². The van der Waals surface area contributed by atoms with E-state index >= 15 is 0 Å². The highest BCUT2D eigenvalue weighted by Crippen LogP contribution is 2.24. The number of piperidine rings is 1. The monoisotopic (exact) mass is 288 g/mol. The molecule has 0 bridgehead atoms. The van der Waals surface area contributed by atoms with Crippen molar-refractivity contribution in [3.8, 4) is 0 Å². The van der Waals surface area contributed by atoms with E-state index in [9.17, 15) is 0 Å². The maximum atomic E-state index is 5.97. The van der Waals surface area contributed by atoms with Crippen molar-refractivity contribution in [3.63, 3.8) is 0 Å². The number of ether oxygens (including phenoxy) is 1. The molecule has 0 aromatic heterocycles. The van der Waals surface area contributed by atoms with E-state index in [0.717, 1.165) is 18.9 Å². The third kappa shape index (κ3) is 4.29. The van der Waals surface area contributed by atoms with Gasteiger partial charge in [-0.2, -0.15) is 0 Å². The Hall–Kier alpha value is -0.900. The highest BCUT2D eigenvalue weighted by Gasteiger charge is 2.27. The van der Waals surface area contributed by atoms with E-state index in [1.165, 1.54) is 44.3 Å². The topological polar surface area (TPSA) is 38.5 Å². The molecule has 0 aliphatic carbocycles. The Morgan fingerprint density at radius 2 is 1.71 bits per heavy atom. The van der Waals surface area contributed by atoms with Crippen molar-refractivity contribution < 1.29 is 4.74 Å². The number of benzene rings is 1. The van der Waals surface area contributed by atoms with Crippen LogP contribution in [0.5, 0.6) is 0 Å². The molecule has 21 heavy (non-hydrogen) atoms. The quantitative estimate of drug-likeness (QED) is 0.904. The summed E-state index contributed by atoms with van der Waals surface area (Å²) in [7, 11) is 0. The first-order valence-corrected chi connectivity index (χ1v) is 8.45. The van der Waals surface area contributed by atoms with Crippen LogP contribution in [0.15, 0.2) is 30.3 Å². The normalized spacial score (nSPS) is 28.0. The summed E-state index contributed by atoms with van der Waals surface area (Å²) >= 11 is 0. The average Bonchev–Trinajstić information content (AvgIpc) is 2.98. The maximum absolute atomic E-state index is 5.97. The summed E-state index contributed by atoms with van der Waals surface area (Å²) in [5.41, 5.74) is 7.17. The third-order valence-corrected chi connectivity index (χ3v) is 4.99. The van der Waals surface area contributed by atoms with E-state index in [1.807, 2.05) is 0 Å². The highest BCUT2D eigenvalue weighted by atomic mass is 16.5. The second-order valence-electron chi connectivity index (χ2n) is 6.63. The molecular weight excluding hydrogens is 260 g/mol. The molecule has 0 radical (unpaired) electrons. The number of rotatable bonds is 5. The minimum Gasteiger partial charge on any atom is -0.372 e. The van der Waals surface area contributed by atoms with Gasteiger partial charge >= 0.3 is 0 Å². The van der Waals surface area contributed by atoms with Crippen molar-refractivity contribution in [1.82, 2.24) is 4.90 Å². The lowest BCUT2D eigenvalue weighted by atomic mass is 9.90. The molecule has 2 fully saturated rings. The first-order valence-electron chi connectivity index (χ1n) is 8.45. The Morgan fingerprint density at radius 3 is 2.38 bits per heavy atom. The molecule has 2 atom stereocenters. The average molecular weight is 288 g/mol. The summed E-state index contributed by atoms with van der Waals surface area (Å²) in [5.74, 6) is 0.852. The lowest BCUT2D eigenvalue weighted by Gasteiger charge is -2.33. The summed E-state index contributed by atoms with van der Waals surface area (Å²) in [5, 5.41) is 0. The molecule has 1 aromatic carbocycles. The largest absolute Gasteiger partial charge is 0.372 e. The second-order valence-corrected chi connectivity index (χ2v) is 6.63. The molecule has 2 saturated heterocycles. The van der Waals surface area contributed by atoms with Gasteiger partial charge < -0.3 is 15.4 Å². The van der Waals surface area contributed by atoms with Crippen LogP contribution in [0.3, 0.4) is 0 Å². The smallest absolute Gasteiger partial charge is 0.0707 e. The fraction of sp³-hybridized carbons (Fsp3) is 0.667. The molecule has 2 heterocycles.